The van der Waals surface area contributed by atoms with E-state index >= 15 is 0 Å². The Morgan fingerprint density at radius 3 is 2.77 bits per heavy atom. The molecule has 2 aliphatic rings. The van der Waals surface area contributed by atoms with Crippen molar-refractivity contribution in [3.05, 3.63) is 41.5 Å². The van der Waals surface area contributed by atoms with Crippen LogP contribution in [0.25, 0.3) is 21.3 Å². The number of amides is 1. The number of nitrogens with one attached hydrogen (secondary N) is 1. The van der Waals surface area contributed by atoms with Crippen molar-refractivity contribution in [3.8, 4) is 11.1 Å². The number of primary amides is 1. The Bertz CT molecular complexity index is 1060. The van der Waals surface area contributed by atoms with Crippen LogP contribution in [0.3, 0.4) is 0 Å². The number of fused-ring (bicyclic) bond motifs is 1. The third-order valence-electron chi connectivity index (χ3n) is 6.24. The first-order valence-electron chi connectivity index (χ1n) is 10.9. The summed E-state index contributed by atoms with van der Waals surface area (Å²) in [5.41, 5.74) is 7.94. The van der Waals surface area contributed by atoms with E-state index in [9.17, 15) is 4.79 Å². The van der Waals surface area contributed by atoms with Gasteiger partial charge in [-0.2, -0.15) is 0 Å². The van der Waals surface area contributed by atoms with Gasteiger partial charge in [-0.3, -0.25) is 9.69 Å². The second-order valence-electron chi connectivity index (χ2n) is 8.26. The molecule has 1 saturated heterocycles. The first-order chi connectivity index (χ1) is 15.2. The van der Waals surface area contributed by atoms with Crippen LogP contribution in [0.5, 0.6) is 0 Å². The van der Waals surface area contributed by atoms with Gasteiger partial charge in [-0.25, -0.2) is 9.97 Å². The predicted octanol–water partition coefficient (Wildman–Crippen LogP) is 3.26. The monoisotopic (exact) mass is 437 g/mol. The smallest absolute Gasteiger partial charge is 0.222 e. The number of aromatic nitrogens is 2. The number of hydrogen-bond acceptors (Lipinski definition) is 7. The zero-order chi connectivity index (χ0) is 21.2. The van der Waals surface area contributed by atoms with Crippen LogP contribution in [0.15, 0.2) is 35.7 Å². The molecular weight excluding hydrogens is 410 g/mol. The Balaban J connectivity index is 1.55. The molecule has 5 rings (SSSR count). The summed E-state index contributed by atoms with van der Waals surface area (Å²) in [5, 5.41) is 6.78. The molecule has 162 valence electrons. The Morgan fingerprint density at radius 1 is 1.19 bits per heavy atom. The van der Waals surface area contributed by atoms with Gasteiger partial charge >= 0.3 is 0 Å². The van der Waals surface area contributed by atoms with Crippen molar-refractivity contribution in [1.82, 2.24) is 14.9 Å². The molecule has 7 nitrogen and oxygen atoms in total. The minimum Gasteiger partial charge on any atom is -0.379 e. The van der Waals surface area contributed by atoms with Gasteiger partial charge < -0.3 is 15.8 Å². The minimum absolute atomic E-state index is 0.00959. The highest BCUT2D eigenvalue weighted by molar-refractivity contribution is 7.17. The molecule has 0 bridgehead atoms. The van der Waals surface area contributed by atoms with Gasteiger partial charge in [0.05, 0.1) is 31.1 Å². The summed E-state index contributed by atoms with van der Waals surface area (Å²) in [6, 6.07) is 10.3. The lowest BCUT2D eigenvalue weighted by molar-refractivity contribution is -0.121. The minimum atomic E-state index is -0.234. The molecule has 1 aliphatic carbocycles. The summed E-state index contributed by atoms with van der Waals surface area (Å²) in [4.78, 5) is 25.1. The largest absolute Gasteiger partial charge is 0.379 e. The molecule has 3 N–H and O–H groups in total. The molecule has 2 aromatic heterocycles. The van der Waals surface area contributed by atoms with Crippen molar-refractivity contribution in [3.63, 3.8) is 0 Å². The van der Waals surface area contributed by atoms with Crippen LogP contribution in [0.4, 0.5) is 5.82 Å². The maximum Gasteiger partial charge on any atom is 0.222 e. The normalized spacial score (nSPS) is 22.1. The van der Waals surface area contributed by atoms with E-state index in [1.807, 2.05) is 18.2 Å². The molecule has 1 aliphatic heterocycles. The van der Waals surface area contributed by atoms with Crippen molar-refractivity contribution in [2.75, 3.05) is 31.6 Å². The van der Waals surface area contributed by atoms with Gasteiger partial charge in [0.2, 0.25) is 5.91 Å². The average molecular weight is 438 g/mol. The lowest BCUT2D eigenvalue weighted by Gasteiger charge is -2.26. The van der Waals surface area contributed by atoms with Gasteiger partial charge in [0.25, 0.3) is 0 Å². The maximum atomic E-state index is 12.0. The van der Waals surface area contributed by atoms with Crippen LogP contribution in [-0.2, 0) is 16.1 Å². The molecule has 1 amide bonds. The number of benzene rings is 1. The van der Waals surface area contributed by atoms with Crippen molar-refractivity contribution in [2.24, 2.45) is 11.7 Å². The van der Waals surface area contributed by atoms with Crippen LogP contribution >= 0.6 is 11.3 Å². The Morgan fingerprint density at radius 2 is 2.00 bits per heavy atom. The number of carbonyl (C=O) groups excluding carboxylic acids is 1. The molecule has 0 unspecified atom stereocenters. The first kappa shape index (κ1) is 20.4. The fraction of sp³-hybridized carbons (Fsp3) is 0.435. The lowest BCUT2D eigenvalue weighted by atomic mass is 10.0. The van der Waals surface area contributed by atoms with Crippen molar-refractivity contribution in [2.45, 2.75) is 31.8 Å². The summed E-state index contributed by atoms with van der Waals surface area (Å²) in [6.07, 6.45) is 2.75. The number of nitrogens with zero attached hydrogens (tertiary/aromatic N) is 3. The summed E-state index contributed by atoms with van der Waals surface area (Å²) >= 11 is 1.64. The van der Waals surface area contributed by atoms with E-state index in [0.717, 1.165) is 78.6 Å². The first-order valence-corrected chi connectivity index (χ1v) is 11.8. The van der Waals surface area contributed by atoms with Crippen LogP contribution in [0, 0.1) is 5.92 Å². The van der Waals surface area contributed by atoms with Gasteiger partial charge in [0.15, 0.2) is 0 Å². The van der Waals surface area contributed by atoms with E-state index in [-0.39, 0.29) is 17.9 Å². The molecule has 1 aromatic carbocycles. The van der Waals surface area contributed by atoms with E-state index < -0.39 is 0 Å². The molecule has 3 heterocycles. The highest BCUT2D eigenvalue weighted by Gasteiger charge is 2.32. The number of rotatable bonds is 6. The summed E-state index contributed by atoms with van der Waals surface area (Å²) in [5.74, 6) is 1.22. The van der Waals surface area contributed by atoms with Gasteiger partial charge in [-0.15, -0.1) is 11.3 Å². The van der Waals surface area contributed by atoms with E-state index in [2.05, 4.69) is 27.7 Å². The van der Waals surface area contributed by atoms with Gasteiger partial charge in [0.1, 0.15) is 16.5 Å². The number of carbonyl (C=O) groups is 1. The molecule has 0 radical (unpaired) electrons. The van der Waals surface area contributed by atoms with Crippen LogP contribution < -0.4 is 11.1 Å². The molecule has 3 aromatic rings. The molecule has 8 heteroatoms. The highest BCUT2D eigenvalue weighted by Crippen LogP contribution is 2.38. The number of hydrogen-bond donors (Lipinski definition) is 2. The summed E-state index contributed by atoms with van der Waals surface area (Å²) < 4.78 is 5.47. The Labute approximate surface area is 185 Å². The standard InChI is InChI=1S/C23H27N5O2S/c24-21(29)16-7-4-8-18(16)25-22-20-17(15-5-2-1-3-6-15)14-31-23(20)27-19(26-22)13-28-9-11-30-12-10-28/h1-3,5-6,14,16,18H,4,7-13H2,(H2,24,29)(H,25,26,27)/t16-,18-/m0/s1. The quantitative estimate of drug-likeness (QED) is 0.615. The van der Waals surface area contributed by atoms with Crippen molar-refractivity contribution >= 4 is 33.3 Å². The van der Waals surface area contributed by atoms with E-state index in [1.165, 1.54) is 0 Å². The second kappa shape index (κ2) is 8.90. The number of thiophene rings is 1. The number of nitrogens with two attached hydrogens (primary N) is 1. The molecule has 1 saturated carbocycles. The topological polar surface area (TPSA) is 93.4 Å². The number of ether oxygens (including phenoxy) is 1. The zero-order valence-electron chi connectivity index (χ0n) is 17.4. The molecule has 0 spiro atoms. The summed E-state index contributed by atoms with van der Waals surface area (Å²) in [7, 11) is 0. The van der Waals surface area contributed by atoms with Gasteiger partial charge in [0, 0.05) is 30.1 Å². The molecule has 2 atom stereocenters. The van der Waals surface area contributed by atoms with Gasteiger partial charge in [-0.1, -0.05) is 36.8 Å². The van der Waals surface area contributed by atoms with E-state index in [1.54, 1.807) is 11.3 Å². The lowest BCUT2D eigenvalue weighted by Crippen LogP contribution is -2.36. The van der Waals surface area contributed by atoms with E-state index in [4.69, 9.17) is 20.4 Å². The van der Waals surface area contributed by atoms with Crippen LogP contribution in [-0.4, -0.2) is 53.1 Å². The van der Waals surface area contributed by atoms with Crippen molar-refractivity contribution < 1.29 is 9.53 Å². The third kappa shape index (κ3) is 4.28. The zero-order valence-corrected chi connectivity index (χ0v) is 18.2. The van der Waals surface area contributed by atoms with Crippen LogP contribution in [0.1, 0.15) is 25.1 Å². The van der Waals surface area contributed by atoms with E-state index in [0.29, 0.717) is 6.54 Å². The third-order valence-corrected chi connectivity index (χ3v) is 7.11. The Kier molecular flexibility index (Phi) is 5.85. The maximum absolute atomic E-state index is 12.0. The SMILES string of the molecule is NC(=O)[C@H]1CCC[C@@H]1Nc1nc(CN2CCOCC2)nc2scc(-c3ccccc3)c12. The number of anilines is 1. The summed E-state index contributed by atoms with van der Waals surface area (Å²) in [6.45, 7) is 3.95. The fourth-order valence-electron chi connectivity index (χ4n) is 4.60. The van der Waals surface area contributed by atoms with Crippen LogP contribution in [0.2, 0.25) is 0 Å². The molecule has 31 heavy (non-hydrogen) atoms. The molecule has 2 fully saturated rings. The highest BCUT2D eigenvalue weighted by atomic mass is 32.1. The average Bonchev–Trinajstić information content (AvgIpc) is 3.42. The molecular formula is C23H27N5O2S. The van der Waals surface area contributed by atoms with Gasteiger partial charge in [-0.05, 0) is 18.4 Å². The van der Waals surface area contributed by atoms with Crippen molar-refractivity contribution in [1.29, 1.82) is 0 Å². The Hall–Kier alpha value is -2.55. The predicted molar refractivity (Wildman–Crippen MR) is 123 cm³/mol. The fourth-order valence-corrected chi connectivity index (χ4v) is 5.57. The number of morpholine rings is 1. The second-order valence-corrected chi connectivity index (χ2v) is 9.12.